The van der Waals surface area contributed by atoms with E-state index in [1.807, 2.05) is 39.0 Å². The van der Waals surface area contributed by atoms with Crippen molar-refractivity contribution in [2.45, 2.75) is 51.5 Å². The van der Waals surface area contributed by atoms with Crippen LogP contribution in [0.3, 0.4) is 0 Å². The first-order valence-corrected chi connectivity index (χ1v) is 7.27. The predicted octanol–water partition coefficient (Wildman–Crippen LogP) is 0.272. The minimum atomic E-state index is -1.42. The van der Waals surface area contributed by atoms with Gasteiger partial charge in [0, 0.05) is 0 Å². The Hall–Kier alpha value is -1.02. The van der Waals surface area contributed by atoms with Crippen molar-refractivity contribution in [3.8, 4) is 0 Å². The molecular formula is C16H26O6. The van der Waals surface area contributed by atoms with E-state index >= 15 is 0 Å². The minimum absolute atomic E-state index is 0.174. The molecule has 0 bridgehead atoms. The van der Waals surface area contributed by atoms with Crippen molar-refractivity contribution in [1.82, 2.24) is 0 Å². The Morgan fingerprint density at radius 1 is 1.09 bits per heavy atom. The van der Waals surface area contributed by atoms with Crippen molar-refractivity contribution in [3.05, 3.63) is 35.5 Å². The first-order chi connectivity index (χ1) is 10.4. The second-order valence-corrected chi connectivity index (χ2v) is 5.58. The topological polar surface area (TPSA) is 99.4 Å². The Labute approximate surface area is 131 Å². The second-order valence-electron chi connectivity index (χ2n) is 5.58. The lowest BCUT2D eigenvalue weighted by atomic mass is 9.99. The van der Waals surface area contributed by atoms with Crippen LogP contribution < -0.4 is 0 Å². The SMILES string of the molecule is CC(C)=CC=CC(C)=CCOC1O[C@H](CO)[C@@H](O)[C@H](O)[C@H]1O. The van der Waals surface area contributed by atoms with Gasteiger partial charge in [0.1, 0.15) is 24.4 Å². The molecule has 0 aromatic rings. The highest BCUT2D eigenvalue weighted by Crippen LogP contribution is 2.21. The average molecular weight is 314 g/mol. The van der Waals surface area contributed by atoms with E-state index in [9.17, 15) is 15.3 Å². The number of hydrogen-bond donors (Lipinski definition) is 4. The van der Waals surface area contributed by atoms with Crippen LogP contribution in [0.4, 0.5) is 0 Å². The summed E-state index contributed by atoms with van der Waals surface area (Å²) in [7, 11) is 0. The standard InChI is InChI=1S/C16H26O6/c1-10(2)5-4-6-11(3)7-8-21-16-15(20)14(19)13(18)12(9-17)22-16/h4-7,12-20H,8-9H2,1-3H3/t12-,13-,14+,15-,16?/m1/s1. The predicted molar refractivity (Wildman–Crippen MR) is 82.0 cm³/mol. The summed E-state index contributed by atoms with van der Waals surface area (Å²) < 4.78 is 10.6. The highest BCUT2D eigenvalue weighted by molar-refractivity contribution is 5.21. The fraction of sp³-hybridized carbons (Fsp3) is 0.625. The summed E-state index contributed by atoms with van der Waals surface area (Å²) in [6.45, 7) is 5.63. The molecule has 4 N–H and O–H groups in total. The molecule has 1 rings (SSSR count). The van der Waals surface area contributed by atoms with Gasteiger partial charge >= 0.3 is 0 Å². The molecule has 0 radical (unpaired) electrons. The van der Waals surface area contributed by atoms with Crippen LogP contribution in [0.15, 0.2) is 35.5 Å². The van der Waals surface area contributed by atoms with Crippen LogP contribution in [0.25, 0.3) is 0 Å². The van der Waals surface area contributed by atoms with E-state index in [0.717, 1.165) is 5.57 Å². The van der Waals surface area contributed by atoms with Crippen molar-refractivity contribution >= 4 is 0 Å². The van der Waals surface area contributed by atoms with Gasteiger partial charge in [0.2, 0.25) is 0 Å². The molecule has 1 aliphatic heterocycles. The van der Waals surface area contributed by atoms with E-state index < -0.39 is 37.3 Å². The third-order valence-corrected chi connectivity index (χ3v) is 3.30. The lowest BCUT2D eigenvalue weighted by Gasteiger charge is -2.39. The van der Waals surface area contributed by atoms with Gasteiger partial charge in [-0.3, -0.25) is 0 Å². The zero-order chi connectivity index (χ0) is 16.7. The molecule has 1 unspecified atom stereocenters. The number of aliphatic hydroxyl groups excluding tert-OH is 4. The van der Waals surface area contributed by atoms with Crippen molar-refractivity contribution < 1.29 is 29.9 Å². The summed E-state index contributed by atoms with van der Waals surface area (Å²) in [4.78, 5) is 0. The quantitative estimate of drug-likeness (QED) is 0.525. The molecule has 6 heteroatoms. The molecule has 0 amide bonds. The van der Waals surface area contributed by atoms with Gasteiger partial charge in [-0.2, -0.15) is 0 Å². The van der Waals surface area contributed by atoms with Crippen LogP contribution in [-0.4, -0.2) is 64.3 Å². The number of ether oxygens (including phenoxy) is 2. The normalized spacial score (nSPS) is 33.2. The van der Waals surface area contributed by atoms with Gasteiger partial charge in [-0.05, 0) is 20.8 Å². The summed E-state index contributed by atoms with van der Waals surface area (Å²) in [5.74, 6) is 0. The van der Waals surface area contributed by atoms with Gasteiger partial charge in [-0.25, -0.2) is 0 Å². The van der Waals surface area contributed by atoms with Crippen molar-refractivity contribution in [2.24, 2.45) is 0 Å². The maximum absolute atomic E-state index is 9.80. The first-order valence-electron chi connectivity index (χ1n) is 7.27. The summed E-state index contributed by atoms with van der Waals surface area (Å²) >= 11 is 0. The maximum atomic E-state index is 9.80. The van der Waals surface area contributed by atoms with Gasteiger partial charge in [0.15, 0.2) is 6.29 Å². The van der Waals surface area contributed by atoms with E-state index in [1.54, 1.807) is 6.08 Å². The third-order valence-electron chi connectivity index (χ3n) is 3.30. The minimum Gasteiger partial charge on any atom is -0.394 e. The van der Waals surface area contributed by atoms with E-state index in [1.165, 1.54) is 5.57 Å². The summed E-state index contributed by atoms with van der Waals surface area (Å²) in [5, 5.41) is 38.2. The van der Waals surface area contributed by atoms with Gasteiger partial charge in [0.25, 0.3) is 0 Å². The van der Waals surface area contributed by atoms with E-state index in [0.29, 0.717) is 0 Å². The smallest absolute Gasteiger partial charge is 0.187 e. The second kappa shape index (κ2) is 9.19. The van der Waals surface area contributed by atoms with E-state index in [-0.39, 0.29) is 6.61 Å². The van der Waals surface area contributed by atoms with Crippen molar-refractivity contribution in [1.29, 1.82) is 0 Å². The zero-order valence-electron chi connectivity index (χ0n) is 13.2. The average Bonchev–Trinajstić information content (AvgIpc) is 2.47. The Balaban J connectivity index is 2.52. The molecule has 1 aliphatic rings. The summed E-state index contributed by atoms with van der Waals surface area (Å²) in [5.41, 5.74) is 2.17. The largest absolute Gasteiger partial charge is 0.394 e. The highest BCUT2D eigenvalue weighted by atomic mass is 16.7. The molecule has 1 saturated heterocycles. The molecule has 5 atom stereocenters. The highest BCUT2D eigenvalue weighted by Gasteiger charge is 2.43. The number of hydrogen-bond acceptors (Lipinski definition) is 6. The van der Waals surface area contributed by atoms with Gasteiger partial charge in [-0.1, -0.05) is 35.5 Å². The van der Waals surface area contributed by atoms with Crippen LogP contribution in [0.2, 0.25) is 0 Å². The molecule has 1 heterocycles. The molecule has 0 saturated carbocycles. The van der Waals surface area contributed by atoms with Gasteiger partial charge in [-0.15, -0.1) is 0 Å². The lowest BCUT2D eigenvalue weighted by molar-refractivity contribution is -0.298. The molecule has 22 heavy (non-hydrogen) atoms. The van der Waals surface area contributed by atoms with Crippen LogP contribution in [0.5, 0.6) is 0 Å². The summed E-state index contributed by atoms with van der Waals surface area (Å²) in [6.07, 6.45) is 1.42. The molecule has 0 aromatic carbocycles. The molecule has 126 valence electrons. The van der Waals surface area contributed by atoms with Crippen LogP contribution in [0, 0.1) is 0 Å². The lowest BCUT2D eigenvalue weighted by Crippen LogP contribution is -2.59. The van der Waals surface area contributed by atoms with E-state index in [4.69, 9.17) is 14.6 Å². The third kappa shape index (κ3) is 5.64. The number of rotatable bonds is 6. The molecular weight excluding hydrogens is 288 g/mol. The van der Waals surface area contributed by atoms with Gasteiger partial charge in [0.05, 0.1) is 13.2 Å². The number of aliphatic hydroxyl groups is 4. The molecule has 0 aliphatic carbocycles. The van der Waals surface area contributed by atoms with Crippen LogP contribution >= 0.6 is 0 Å². The molecule has 6 nitrogen and oxygen atoms in total. The maximum Gasteiger partial charge on any atom is 0.187 e. The molecule has 0 spiro atoms. The Kier molecular flexibility index (Phi) is 7.95. The zero-order valence-corrected chi connectivity index (χ0v) is 13.2. The molecule has 1 fully saturated rings. The van der Waals surface area contributed by atoms with E-state index in [2.05, 4.69) is 0 Å². The fourth-order valence-electron chi connectivity index (χ4n) is 1.94. The summed E-state index contributed by atoms with van der Waals surface area (Å²) in [6, 6.07) is 0. The van der Waals surface area contributed by atoms with Gasteiger partial charge < -0.3 is 29.9 Å². The van der Waals surface area contributed by atoms with Crippen LogP contribution in [0.1, 0.15) is 20.8 Å². The number of allylic oxidation sites excluding steroid dienone is 5. The Morgan fingerprint density at radius 3 is 2.36 bits per heavy atom. The monoisotopic (exact) mass is 314 g/mol. The fourth-order valence-corrected chi connectivity index (χ4v) is 1.94. The first kappa shape index (κ1) is 19.0. The van der Waals surface area contributed by atoms with Crippen LogP contribution in [-0.2, 0) is 9.47 Å². The Morgan fingerprint density at radius 2 is 1.77 bits per heavy atom. The van der Waals surface area contributed by atoms with Crippen molar-refractivity contribution in [2.75, 3.05) is 13.2 Å². The van der Waals surface area contributed by atoms with Crippen molar-refractivity contribution in [3.63, 3.8) is 0 Å². The Bertz CT molecular complexity index is 422. The molecule has 0 aromatic heterocycles.